The van der Waals surface area contributed by atoms with Crippen molar-refractivity contribution >= 4 is 22.5 Å². The van der Waals surface area contributed by atoms with Crippen molar-refractivity contribution in [1.29, 1.82) is 0 Å². The van der Waals surface area contributed by atoms with Crippen molar-refractivity contribution in [3.8, 4) is 0 Å². The molecule has 0 spiro atoms. The van der Waals surface area contributed by atoms with Crippen LogP contribution in [0.5, 0.6) is 0 Å². The minimum atomic E-state index is 0.269. The fraction of sp³-hybridized carbons (Fsp3) is 0.348. The van der Waals surface area contributed by atoms with Gasteiger partial charge in [0.05, 0.1) is 0 Å². The van der Waals surface area contributed by atoms with Crippen molar-refractivity contribution < 1.29 is 4.79 Å². The molecule has 27 heavy (non-hydrogen) atoms. The largest absolute Gasteiger partial charge is 0.368 e. The first-order valence-corrected chi connectivity index (χ1v) is 9.73. The number of rotatable bonds is 4. The van der Waals surface area contributed by atoms with Crippen LogP contribution >= 0.6 is 0 Å². The SMILES string of the molecule is Cc1ccc(N2CCN(C(=O)CCc3ccc4ccn(C)c4c3)CC2)cc1. The molecule has 0 unspecified atom stereocenters. The first kappa shape index (κ1) is 17.7. The molecule has 140 valence electrons. The van der Waals surface area contributed by atoms with E-state index in [0.717, 1.165) is 32.6 Å². The maximum atomic E-state index is 12.6. The van der Waals surface area contributed by atoms with Gasteiger partial charge < -0.3 is 14.4 Å². The van der Waals surface area contributed by atoms with Gasteiger partial charge in [-0.3, -0.25) is 4.79 Å². The number of piperazine rings is 1. The number of carbonyl (C=O) groups is 1. The summed E-state index contributed by atoms with van der Waals surface area (Å²) in [6, 6.07) is 17.3. The number of aryl methyl sites for hydroxylation is 3. The van der Waals surface area contributed by atoms with Crippen LogP contribution in [-0.4, -0.2) is 41.6 Å². The van der Waals surface area contributed by atoms with Gasteiger partial charge in [0, 0.05) is 57.0 Å². The van der Waals surface area contributed by atoms with Gasteiger partial charge in [0.25, 0.3) is 0 Å². The van der Waals surface area contributed by atoms with Crippen molar-refractivity contribution in [2.75, 3.05) is 31.1 Å². The highest BCUT2D eigenvalue weighted by atomic mass is 16.2. The molecule has 4 rings (SSSR count). The first-order chi connectivity index (χ1) is 13.1. The van der Waals surface area contributed by atoms with Gasteiger partial charge >= 0.3 is 0 Å². The normalized spacial score (nSPS) is 14.7. The molecule has 2 heterocycles. The monoisotopic (exact) mass is 361 g/mol. The summed E-state index contributed by atoms with van der Waals surface area (Å²) in [5.41, 5.74) is 4.99. The summed E-state index contributed by atoms with van der Waals surface area (Å²) >= 11 is 0. The van der Waals surface area contributed by atoms with E-state index in [1.165, 1.54) is 27.7 Å². The van der Waals surface area contributed by atoms with E-state index in [-0.39, 0.29) is 5.91 Å². The number of carbonyl (C=O) groups excluding carboxylic acids is 1. The lowest BCUT2D eigenvalue weighted by Crippen LogP contribution is -2.48. The molecule has 4 heteroatoms. The van der Waals surface area contributed by atoms with Gasteiger partial charge in [0.2, 0.25) is 5.91 Å². The third-order valence-corrected chi connectivity index (χ3v) is 5.61. The highest BCUT2D eigenvalue weighted by Crippen LogP contribution is 2.19. The van der Waals surface area contributed by atoms with Gasteiger partial charge in [0.1, 0.15) is 0 Å². The van der Waals surface area contributed by atoms with Crippen LogP contribution in [0.1, 0.15) is 17.5 Å². The molecule has 0 radical (unpaired) electrons. The minimum Gasteiger partial charge on any atom is -0.368 e. The molecule has 1 amide bonds. The maximum absolute atomic E-state index is 12.6. The lowest BCUT2D eigenvalue weighted by molar-refractivity contribution is -0.131. The van der Waals surface area contributed by atoms with Crippen molar-refractivity contribution in [2.24, 2.45) is 7.05 Å². The van der Waals surface area contributed by atoms with Crippen LogP contribution in [0.3, 0.4) is 0 Å². The molecule has 1 saturated heterocycles. The molecule has 0 atom stereocenters. The molecule has 0 bridgehead atoms. The lowest BCUT2D eigenvalue weighted by atomic mass is 10.1. The number of hydrogen-bond acceptors (Lipinski definition) is 2. The Kier molecular flexibility index (Phi) is 4.88. The van der Waals surface area contributed by atoms with E-state index in [1.54, 1.807) is 0 Å². The number of fused-ring (bicyclic) bond motifs is 1. The second-order valence-corrected chi connectivity index (χ2v) is 7.52. The number of amides is 1. The Labute approximate surface area is 161 Å². The Morgan fingerprint density at radius 3 is 2.44 bits per heavy atom. The molecule has 2 aromatic carbocycles. The van der Waals surface area contributed by atoms with E-state index < -0.39 is 0 Å². The Bertz CT molecular complexity index is 934. The van der Waals surface area contributed by atoms with Gasteiger partial charge in [-0.1, -0.05) is 29.8 Å². The number of hydrogen-bond donors (Lipinski definition) is 0. The third-order valence-electron chi connectivity index (χ3n) is 5.61. The third kappa shape index (κ3) is 3.85. The van der Waals surface area contributed by atoms with Crippen LogP contribution in [0.4, 0.5) is 5.69 Å². The molecule has 1 fully saturated rings. The average Bonchev–Trinajstić information content (AvgIpc) is 3.07. The molecule has 0 saturated carbocycles. The van der Waals surface area contributed by atoms with Gasteiger partial charge in [-0.15, -0.1) is 0 Å². The Morgan fingerprint density at radius 1 is 0.963 bits per heavy atom. The average molecular weight is 361 g/mol. The highest BCUT2D eigenvalue weighted by Gasteiger charge is 2.21. The van der Waals surface area contributed by atoms with Crippen LogP contribution < -0.4 is 4.90 Å². The molecule has 1 aromatic heterocycles. The summed E-state index contributed by atoms with van der Waals surface area (Å²) < 4.78 is 2.13. The predicted octanol–water partition coefficient (Wildman–Crippen LogP) is 3.77. The summed E-state index contributed by atoms with van der Waals surface area (Å²) in [7, 11) is 2.06. The zero-order valence-corrected chi connectivity index (χ0v) is 16.2. The Balaban J connectivity index is 1.31. The van der Waals surface area contributed by atoms with Crippen molar-refractivity contribution in [2.45, 2.75) is 19.8 Å². The van der Waals surface area contributed by atoms with Crippen LogP contribution in [0.2, 0.25) is 0 Å². The molecule has 1 aliphatic rings. The van der Waals surface area contributed by atoms with Crippen molar-refractivity contribution in [3.05, 3.63) is 65.9 Å². The zero-order chi connectivity index (χ0) is 18.8. The summed E-state index contributed by atoms with van der Waals surface area (Å²) in [5.74, 6) is 0.269. The van der Waals surface area contributed by atoms with E-state index in [1.807, 2.05) is 4.90 Å². The van der Waals surface area contributed by atoms with Crippen LogP contribution in [-0.2, 0) is 18.3 Å². The highest BCUT2D eigenvalue weighted by molar-refractivity contribution is 5.81. The molecule has 3 aromatic rings. The molecular formula is C23H27N3O. The summed E-state index contributed by atoms with van der Waals surface area (Å²) in [4.78, 5) is 17.0. The second kappa shape index (κ2) is 7.47. The quantitative estimate of drug-likeness (QED) is 0.708. The first-order valence-electron chi connectivity index (χ1n) is 9.73. The molecule has 0 aliphatic carbocycles. The van der Waals surface area contributed by atoms with Gasteiger partial charge in [-0.05, 0) is 48.6 Å². The number of nitrogens with zero attached hydrogens (tertiary/aromatic N) is 3. The fourth-order valence-corrected chi connectivity index (χ4v) is 3.84. The second-order valence-electron chi connectivity index (χ2n) is 7.52. The number of anilines is 1. The van der Waals surface area contributed by atoms with Gasteiger partial charge in [-0.2, -0.15) is 0 Å². The molecule has 1 aliphatic heterocycles. The number of aromatic nitrogens is 1. The maximum Gasteiger partial charge on any atom is 0.223 e. The predicted molar refractivity (Wildman–Crippen MR) is 111 cm³/mol. The van der Waals surface area contributed by atoms with Crippen LogP contribution in [0, 0.1) is 6.92 Å². The molecule has 4 nitrogen and oxygen atoms in total. The van der Waals surface area contributed by atoms with Gasteiger partial charge in [-0.25, -0.2) is 0 Å². The van der Waals surface area contributed by atoms with Crippen molar-refractivity contribution in [1.82, 2.24) is 9.47 Å². The zero-order valence-electron chi connectivity index (χ0n) is 16.2. The van der Waals surface area contributed by atoms with E-state index in [4.69, 9.17) is 0 Å². The standard InChI is InChI=1S/C23H27N3O/c1-18-3-8-21(9-4-18)25-13-15-26(16-14-25)23(27)10-6-19-5-7-20-11-12-24(2)22(20)17-19/h3-5,7-9,11-12,17H,6,10,13-16H2,1-2H3. The molecule has 0 N–H and O–H groups in total. The Morgan fingerprint density at radius 2 is 1.70 bits per heavy atom. The smallest absolute Gasteiger partial charge is 0.223 e. The lowest BCUT2D eigenvalue weighted by Gasteiger charge is -2.36. The van der Waals surface area contributed by atoms with E-state index in [0.29, 0.717) is 6.42 Å². The van der Waals surface area contributed by atoms with E-state index >= 15 is 0 Å². The fourth-order valence-electron chi connectivity index (χ4n) is 3.84. The Hall–Kier alpha value is -2.75. The van der Waals surface area contributed by atoms with Gasteiger partial charge in [0.15, 0.2) is 0 Å². The van der Waals surface area contributed by atoms with Crippen molar-refractivity contribution in [3.63, 3.8) is 0 Å². The summed E-state index contributed by atoms with van der Waals surface area (Å²) in [6.45, 7) is 5.54. The summed E-state index contributed by atoms with van der Waals surface area (Å²) in [5, 5.41) is 1.25. The van der Waals surface area contributed by atoms with Crippen LogP contribution in [0.15, 0.2) is 54.7 Å². The summed E-state index contributed by atoms with van der Waals surface area (Å²) in [6.07, 6.45) is 3.46. The molecular weight excluding hydrogens is 334 g/mol. The van der Waals surface area contributed by atoms with Crippen LogP contribution in [0.25, 0.3) is 10.9 Å². The topological polar surface area (TPSA) is 28.5 Å². The van der Waals surface area contributed by atoms with E-state index in [9.17, 15) is 4.79 Å². The van der Waals surface area contributed by atoms with E-state index in [2.05, 4.69) is 78.2 Å². The number of benzene rings is 2. The minimum absolute atomic E-state index is 0.269.